The van der Waals surface area contributed by atoms with Gasteiger partial charge in [0.2, 0.25) is 0 Å². The Morgan fingerprint density at radius 3 is 2.89 bits per heavy atom. The Bertz CT molecular complexity index is 562. The number of rotatable bonds is 11. The van der Waals surface area contributed by atoms with Crippen LogP contribution in [0.4, 0.5) is 0 Å². The van der Waals surface area contributed by atoms with Crippen LogP contribution in [0.5, 0.6) is 0 Å². The lowest BCUT2D eigenvalue weighted by Gasteiger charge is -2.27. The molecule has 3 rings (SSSR count). The van der Waals surface area contributed by atoms with Crippen molar-refractivity contribution in [1.29, 1.82) is 0 Å². The molecule has 0 amide bonds. The molecule has 28 heavy (non-hydrogen) atoms. The fourth-order valence-electron chi connectivity index (χ4n) is 4.24. The second-order valence-electron chi connectivity index (χ2n) is 8.09. The zero-order valence-corrected chi connectivity index (χ0v) is 17.4. The Morgan fingerprint density at radius 1 is 1.29 bits per heavy atom. The highest BCUT2D eigenvalue weighted by Crippen LogP contribution is 2.41. The van der Waals surface area contributed by atoms with E-state index in [0.29, 0.717) is 11.5 Å². The molecule has 0 spiro atoms. The smallest absolute Gasteiger partial charge is 0.191 e. The highest BCUT2D eigenvalue weighted by molar-refractivity contribution is 5.79. The SMILES string of the molecule is CCOCCC1(CN=C(NCCc2ccco2)NCC2CCCO2)CCCC1. The van der Waals surface area contributed by atoms with Gasteiger partial charge in [-0.25, -0.2) is 0 Å². The molecule has 1 aromatic rings. The summed E-state index contributed by atoms with van der Waals surface area (Å²) >= 11 is 0. The summed E-state index contributed by atoms with van der Waals surface area (Å²) in [7, 11) is 0. The molecule has 158 valence electrons. The van der Waals surface area contributed by atoms with Crippen LogP contribution in [0.3, 0.4) is 0 Å². The van der Waals surface area contributed by atoms with Gasteiger partial charge in [-0.3, -0.25) is 4.99 Å². The van der Waals surface area contributed by atoms with E-state index in [1.54, 1.807) is 6.26 Å². The topological polar surface area (TPSA) is 68.0 Å². The molecule has 2 N–H and O–H groups in total. The molecule has 1 atom stereocenters. The maximum atomic E-state index is 5.75. The molecule has 1 saturated carbocycles. The van der Waals surface area contributed by atoms with E-state index in [1.165, 1.54) is 25.7 Å². The van der Waals surface area contributed by atoms with Crippen LogP contribution in [-0.2, 0) is 15.9 Å². The number of guanidine groups is 1. The molecule has 1 unspecified atom stereocenters. The Kier molecular flexibility index (Phi) is 8.68. The monoisotopic (exact) mass is 391 g/mol. The maximum absolute atomic E-state index is 5.75. The molecule has 1 aliphatic carbocycles. The van der Waals surface area contributed by atoms with Gasteiger partial charge in [-0.1, -0.05) is 12.8 Å². The third-order valence-electron chi connectivity index (χ3n) is 5.98. The summed E-state index contributed by atoms with van der Waals surface area (Å²) in [6.45, 7) is 7.07. The molecule has 2 aliphatic rings. The standard InChI is InChI=1S/C22H37N3O3/c1-2-26-16-12-22(10-3-4-11-22)18-25-21(24-17-20-8-6-15-28-20)23-13-9-19-7-5-14-27-19/h5,7,14,20H,2-4,6,8-13,15-18H2,1H3,(H2,23,24,25). The van der Waals surface area contributed by atoms with Crippen LogP contribution >= 0.6 is 0 Å². The van der Waals surface area contributed by atoms with Gasteiger partial charge in [0.25, 0.3) is 0 Å². The Balaban J connectivity index is 1.54. The van der Waals surface area contributed by atoms with E-state index in [4.69, 9.17) is 18.9 Å². The van der Waals surface area contributed by atoms with E-state index in [2.05, 4.69) is 17.6 Å². The zero-order chi connectivity index (χ0) is 19.5. The van der Waals surface area contributed by atoms with Crippen molar-refractivity contribution in [3.63, 3.8) is 0 Å². The van der Waals surface area contributed by atoms with E-state index in [9.17, 15) is 0 Å². The average Bonchev–Trinajstić information content (AvgIpc) is 3.47. The molecule has 6 heteroatoms. The second-order valence-corrected chi connectivity index (χ2v) is 8.09. The third-order valence-corrected chi connectivity index (χ3v) is 5.98. The average molecular weight is 392 g/mol. The first-order valence-corrected chi connectivity index (χ1v) is 11.0. The molecular formula is C22H37N3O3. The summed E-state index contributed by atoms with van der Waals surface area (Å²) in [5.41, 5.74) is 0.300. The summed E-state index contributed by atoms with van der Waals surface area (Å²) < 4.78 is 16.8. The first-order chi connectivity index (χ1) is 13.8. The van der Waals surface area contributed by atoms with E-state index in [1.807, 2.05) is 12.1 Å². The first-order valence-electron chi connectivity index (χ1n) is 11.0. The van der Waals surface area contributed by atoms with Crippen molar-refractivity contribution >= 4 is 5.96 Å². The van der Waals surface area contributed by atoms with Crippen LogP contribution in [0.2, 0.25) is 0 Å². The third kappa shape index (κ3) is 6.82. The number of nitrogens with one attached hydrogen (secondary N) is 2. The van der Waals surface area contributed by atoms with Crippen molar-refractivity contribution in [1.82, 2.24) is 10.6 Å². The van der Waals surface area contributed by atoms with E-state index >= 15 is 0 Å². The molecule has 2 fully saturated rings. The number of hydrogen-bond acceptors (Lipinski definition) is 4. The number of ether oxygens (including phenoxy) is 2. The largest absolute Gasteiger partial charge is 0.469 e. The summed E-state index contributed by atoms with van der Waals surface area (Å²) in [6.07, 6.45) is 11.4. The zero-order valence-electron chi connectivity index (χ0n) is 17.4. The van der Waals surface area contributed by atoms with E-state index in [-0.39, 0.29) is 0 Å². The van der Waals surface area contributed by atoms with Crippen LogP contribution in [-0.4, -0.2) is 51.5 Å². The van der Waals surface area contributed by atoms with Gasteiger partial charge in [0.1, 0.15) is 5.76 Å². The summed E-state index contributed by atoms with van der Waals surface area (Å²) in [5, 5.41) is 6.98. The van der Waals surface area contributed by atoms with Crippen LogP contribution < -0.4 is 10.6 Å². The molecule has 2 heterocycles. The Morgan fingerprint density at radius 2 is 2.18 bits per heavy atom. The highest BCUT2D eigenvalue weighted by atomic mass is 16.5. The molecule has 1 aromatic heterocycles. The minimum Gasteiger partial charge on any atom is -0.469 e. The quantitative estimate of drug-likeness (QED) is 0.343. The molecule has 0 bridgehead atoms. The number of furan rings is 1. The van der Waals surface area contributed by atoms with Gasteiger partial charge >= 0.3 is 0 Å². The highest BCUT2D eigenvalue weighted by Gasteiger charge is 2.33. The van der Waals surface area contributed by atoms with Crippen molar-refractivity contribution in [2.24, 2.45) is 10.4 Å². The predicted octanol–water partition coefficient (Wildman–Crippen LogP) is 3.52. The minimum atomic E-state index is 0.300. The van der Waals surface area contributed by atoms with Gasteiger partial charge in [0.05, 0.1) is 12.4 Å². The summed E-state index contributed by atoms with van der Waals surface area (Å²) in [4.78, 5) is 4.99. The van der Waals surface area contributed by atoms with Crippen molar-refractivity contribution < 1.29 is 13.9 Å². The fraction of sp³-hybridized carbons (Fsp3) is 0.773. The maximum Gasteiger partial charge on any atom is 0.191 e. The predicted molar refractivity (Wildman–Crippen MR) is 112 cm³/mol. The molecular weight excluding hydrogens is 354 g/mol. The van der Waals surface area contributed by atoms with Crippen LogP contribution in [0.1, 0.15) is 57.6 Å². The van der Waals surface area contributed by atoms with Crippen molar-refractivity contribution in [3.8, 4) is 0 Å². The normalized spacial score (nSPS) is 21.9. The van der Waals surface area contributed by atoms with Crippen LogP contribution in [0.15, 0.2) is 27.8 Å². The van der Waals surface area contributed by atoms with Gasteiger partial charge in [-0.15, -0.1) is 0 Å². The lowest BCUT2D eigenvalue weighted by molar-refractivity contribution is 0.106. The van der Waals surface area contributed by atoms with Crippen molar-refractivity contribution in [2.45, 2.75) is 64.4 Å². The molecule has 0 radical (unpaired) electrons. The van der Waals surface area contributed by atoms with Crippen molar-refractivity contribution in [3.05, 3.63) is 24.2 Å². The number of hydrogen-bond donors (Lipinski definition) is 2. The summed E-state index contributed by atoms with van der Waals surface area (Å²) in [5.74, 6) is 1.89. The van der Waals surface area contributed by atoms with Gasteiger partial charge in [0, 0.05) is 45.9 Å². The van der Waals surface area contributed by atoms with Crippen LogP contribution in [0.25, 0.3) is 0 Å². The Labute approximate surface area is 169 Å². The number of nitrogens with zero attached hydrogens (tertiary/aromatic N) is 1. The van der Waals surface area contributed by atoms with Gasteiger partial charge < -0.3 is 24.5 Å². The summed E-state index contributed by atoms with van der Waals surface area (Å²) in [6, 6.07) is 3.95. The first kappa shape index (κ1) is 21.2. The molecule has 1 saturated heterocycles. The lowest BCUT2D eigenvalue weighted by atomic mass is 9.83. The van der Waals surface area contributed by atoms with Gasteiger partial charge in [-0.05, 0) is 56.6 Å². The Hall–Kier alpha value is -1.53. The van der Waals surface area contributed by atoms with Gasteiger partial charge in [-0.2, -0.15) is 0 Å². The molecule has 0 aromatic carbocycles. The van der Waals surface area contributed by atoms with E-state index in [0.717, 1.165) is 76.9 Å². The minimum absolute atomic E-state index is 0.300. The van der Waals surface area contributed by atoms with Crippen LogP contribution in [0, 0.1) is 5.41 Å². The van der Waals surface area contributed by atoms with Crippen molar-refractivity contribution in [2.75, 3.05) is 39.5 Å². The second kappa shape index (κ2) is 11.5. The molecule has 6 nitrogen and oxygen atoms in total. The van der Waals surface area contributed by atoms with E-state index < -0.39 is 0 Å². The lowest BCUT2D eigenvalue weighted by Crippen LogP contribution is -2.42. The fourth-order valence-corrected chi connectivity index (χ4v) is 4.24. The molecule has 1 aliphatic heterocycles. The number of aliphatic imine (C=N–C) groups is 1. The van der Waals surface area contributed by atoms with Gasteiger partial charge in [0.15, 0.2) is 5.96 Å².